The molecule has 3 N–H and O–H groups in total. The molecule has 0 radical (unpaired) electrons. The van der Waals surface area contributed by atoms with Crippen LogP contribution in [0.25, 0.3) is 0 Å². The van der Waals surface area contributed by atoms with Crippen LogP contribution in [0.1, 0.15) is 19.8 Å². The first-order valence-corrected chi connectivity index (χ1v) is 6.15. The van der Waals surface area contributed by atoms with E-state index >= 15 is 0 Å². The highest BCUT2D eigenvalue weighted by atomic mass is 16.5. The molecule has 0 spiro atoms. The van der Waals surface area contributed by atoms with Gasteiger partial charge in [-0.3, -0.25) is 4.79 Å². The van der Waals surface area contributed by atoms with Crippen molar-refractivity contribution in [1.82, 2.24) is 0 Å². The van der Waals surface area contributed by atoms with Gasteiger partial charge in [0.15, 0.2) is 6.10 Å². The van der Waals surface area contributed by atoms with Gasteiger partial charge >= 0.3 is 0 Å². The van der Waals surface area contributed by atoms with E-state index in [4.69, 9.17) is 15.6 Å². The monoisotopic (exact) mass is 250 g/mol. The summed E-state index contributed by atoms with van der Waals surface area (Å²) in [5, 5.41) is 8.91. The number of benzene rings is 1. The lowest BCUT2D eigenvalue weighted by molar-refractivity contribution is -0.126. The second-order valence-corrected chi connectivity index (χ2v) is 4.31. The summed E-state index contributed by atoms with van der Waals surface area (Å²) in [6.07, 6.45) is 0.717. The number of ether oxygens (including phenoxy) is 1. The molecule has 5 nitrogen and oxygen atoms in total. The summed E-state index contributed by atoms with van der Waals surface area (Å²) >= 11 is 0. The third kappa shape index (κ3) is 2.26. The van der Waals surface area contributed by atoms with Gasteiger partial charge in [-0.25, -0.2) is 0 Å². The zero-order valence-corrected chi connectivity index (χ0v) is 10.4. The number of hydrogen-bond acceptors (Lipinski definition) is 4. The number of nitrogens with two attached hydrogens (primary N) is 1. The lowest BCUT2D eigenvalue weighted by Crippen LogP contribution is -2.46. The summed E-state index contributed by atoms with van der Waals surface area (Å²) in [6, 6.07) is 5.27. The molecule has 0 aromatic heterocycles. The van der Waals surface area contributed by atoms with Crippen LogP contribution in [0, 0.1) is 0 Å². The second-order valence-electron chi connectivity index (χ2n) is 4.31. The fourth-order valence-corrected chi connectivity index (χ4v) is 2.06. The molecule has 1 aliphatic heterocycles. The molecule has 2 rings (SSSR count). The Morgan fingerprint density at radius 1 is 1.50 bits per heavy atom. The van der Waals surface area contributed by atoms with E-state index in [0.717, 1.165) is 0 Å². The summed E-state index contributed by atoms with van der Waals surface area (Å²) in [5.74, 6) is 0.609. The van der Waals surface area contributed by atoms with E-state index in [1.807, 2.05) is 6.92 Å². The molecule has 98 valence electrons. The first-order valence-electron chi connectivity index (χ1n) is 6.15. The number of amides is 1. The maximum Gasteiger partial charge on any atom is 0.268 e. The van der Waals surface area contributed by atoms with Crippen LogP contribution in [-0.4, -0.2) is 30.3 Å². The van der Waals surface area contributed by atoms with Gasteiger partial charge in [0.1, 0.15) is 5.75 Å². The number of rotatable bonds is 4. The number of aliphatic hydroxyl groups excluding tert-OH is 1. The van der Waals surface area contributed by atoms with Gasteiger partial charge in [0.05, 0.1) is 5.69 Å². The van der Waals surface area contributed by atoms with Crippen molar-refractivity contribution in [2.75, 3.05) is 23.8 Å². The Hall–Kier alpha value is -1.75. The van der Waals surface area contributed by atoms with E-state index in [-0.39, 0.29) is 12.5 Å². The first kappa shape index (κ1) is 12.7. The third-order valence-electron chi connectivity index (χ3n) is 3.00. The highest BCUT2D eigenvalue weighted by Crippen LogP contribution is 2.36. The number of anilines is 2. The highest BCUT2D eigenvalue weighted by molar-refractivity contribution is 6.00. The zero-order valence-electron chi connectivity index (χ0n) is 10.4. The van der Waals surface area contributed by atoms with Crippen molar-refractivity contribution in [2.24, 2.45) is 0 Å². The van der Waals surface area contributed by atoms with Crippen LogP contribution >= 0.6 is 0 Å². The van der Waals surface area contributed by atoms with E-state index in [1.165, 1.54) is 0 Å². The number of nitrogen functional groups attached to an aromatic ring is 1. The van der Waals surface area contributed by atoms with Gasteiger partial charge in [0.2, 0.25) is 0 Å². The number of aliphatic hydroxyl groups is 1. The van der Waals surface area contributed by atoms with Crippen molar-refractivity contribution >= 4 is 17.3 Å². The Morgan fingerprint density at radius 2 is 2.28 bits per heavy atom. The first-order chi connectivity index (χ1) is 8.67. The normalized spacial score (nSPS) is 18.4. The maximum absolute atomic E-state index is 12.2. The van der Waals surface area contributed by atoms with Gasteiger partial charge in [-0.1, -0.05) is 6.92 Å². The van der Waals surface area contributed by atoms with Gasteiger partial charge in [-0.05, 0) is 31.0 Å². The van der Waals surface area contributed by atoms with Crippen LogP contribution in [0.3, 0.4) is 0 Å². The molecule has 1 amide bonds. The van der Waals surface area contributed by atoms with Crippen molar-refractivity contribution in [3.05, 3.63) is 18.2 Å². The van der Waals surface area contributed by atoms with Crippen molar-refractivity contribution in [1.29, 1.82) is 0 Å². The smallest absolute Gasteiger partial charge is 0.268 e. The Labute approximate surface area is 106 Å². The molecule has 0 fully saturated rings. The number of hydrogen-bond donors (Lipinski definition) is 2. The molecule has 0 saturated heterocycles. The predicted molar refractivity (Wildman–Crippen MR) is 69.6 cm³/mol. The summed E-state index contributed by atoms with van der Waals surface area (Å²) in [5.41, 5.74) is 7.03. The van der Waals surface area contributed by atoms with Gasteiger partial charge in [-0.15, -0.1) is 0 Å². The SMILES string of the molecule is CCC1Oc2ccc(N)cc2N(CCCO)C1=O. The molecule has 0 saturated carbocycles. The molecule has 1 heterocycles. The van der Waals surface area contributed by atoms with Gasteiger partial charge < -0.3 is 20.5 Å². The van der Waals surface area contributed by atoms with Crippen LogP contribution < -0.4 is 15.4 Å². The second kappa shape index (κ2) is 5.27. The Morgan fingerprint density at radius 3 is 2.94 bits per heavy atom. The number of nitrogens with zero attached hydrogens (tertiary/aromatic N) is 1. The lowest BCUT2D eigenvalue weighted by atomic mass is 10.1. The van der Waals surface area contributed by atoms with E-state index < -0.39 is 6.10 Å². The van der Waals surface area contributed by atoms with Crippen LogP contribution in [0.4, 0.5) is 11.4 Å². The van der Waals surface area contributed by atoms with Crippen LogP contribution in [0.5, 0.6) is 5.75 Å². The number of fused-ring (bicyclic) bond motifs is 1. The molecular formula is C13H18N2O3. The molecule has 1 atom stereocenters. The van der Waals surface area contributed by atoms with E-state index in [0.29, 0.717) is 36.5 Å². The van der Waals surface area contributed by atoms with Gasteiger partial charge in [0, 0.05) is 18.8 Å². The summed E-state index contributed by atoms with van der Waals surface area (Å²) < 4.78 is 5.65. The fourth-order valence-electron chi connectivity index (χ4n) is 2.06. The third-order valence-corrected chi connectivity index (χ3v) is 3.00. The number of carbonyl (C=O) groups excluding carboxylic acids is 1. The molecule has 1 aliphatic rings. The van der Waals surface area contributed by atoms with Crippen molar-refractivity contribution in [3.63, 3.8) is 0 Å². The van der Waals surface area contributed by atoms with Crippen LogP contribution in [0.2, 0.25) is 0 Å². The largest absolute Gasteiger partial charge is 0.478 e. The standard InChI is InChI=1S/C13H18N2O3/c1-2-11-13(17)15(6-3-7-16)10-8-9(14)4-5-12(10)18-11/h4-5,8,11,16H,2-3,6-7,14H2,1H3. The van der Waals surface area contributed by atoms with Gasteiger partial charge in [-0.2, -0.15) is 0 Å². The molecule has 18 heavy (non-hydrogen) atoms. The fraction of sp³-hybridized carbons (Fsp3) is 0.462. The van der Waals surface area contributed by atoms with E-state index in [2.05, 4.69) is 0 Å². The summed E-state index contributed by atoms with van der Waals surface area (Å²) in [6.45, 7) is 2.44. The lowest BCUT2D eigenvalue weighted by Gasteiger charge is -2.34. The molecule has 5 heteroatoms. The minimum Gasteiger partial charge on any atom is -0.478 e. The molecule has 0 aliphatic carbocycles. The Balaban J connectivity index is 2.36. The van der Waals surface area contributed by atoms with Crippen molar-refractivity contribution in [2.45, 2.75) is 25.9 Å². The van der Waals surface area contributed by atoms with E-state index in [9.17, 15) is 4.79 Å². The molecule has 0 bridgehead atoms. The highest BCUT2D eigenvalue weighted by Gasteiger charge is 2.32. The summed E-state index contributed by atoms with van der Waals surface area (Å²) in [4.78, 5) is 13.9. The molecule has 1 aromatic carbocycles. The average molecular weight is 250 g/mol. The molecule has 1 aromatic rings. The molecule has 1 unspecified atom stereocenters. The minimum atomic E-state index is -0.445. The quantitative estimate of drug-likeness (QED) is 0.786. The molecular weight excluding hydrogens is 232 g/mol. The Kier molecular flexibility index (Phi) is 3.72. The zero-order chi connectivity index (χ0) is 13.1. The predicted octanol–water partition coefficient (Wildman–Crippen LogP) is 1.16. The maximum atomic E-state index is 12.2. The van der Waals surface area contributed by atoms with Gasteiger partial charge in [0.25, 0.3) is 5.91 Å². The van der Waals surface area contributed by atoms with Crippen LogP contribution in [0.15, 0.2) is 18.2 Å². The number of carbonyl (C=O) groups is 1. The van der Waals surface area contributed by atoms with E-state index in [1.54, 1.807) is 23.1 Å². The average Bonchev–Trinajstić information content (AvgIpc) is 2.37. The minimum absolute atomic E-state index is 0.0546. The van der Waals surface area contributed by atoms with Crippen molar-refractivity contribution < 1.29 is 14.6 Å². The van der Waals surface area contributed by atoms with Crippen molar-refractivity contribution in [3.8, 4) is 5.75 Å². The topological polar surface area (TPSA) is 75.8 Å². The Bertz CT molecular complexity index is 448. The summed E-state index contributed by atoms with van der Waals surface area (Å²) in [7, 11) is 0. The van der Waals surface area contributed by atoms with Crippen LogP contribution in [-0.2, 0) is 4.79 Å².